The quantitative estimate of drug-likeness (QED) is 0.140. The van der Waals surface area contributed by atoms with E-state index in [-0.39, 0.29) is 36.5 Å². The normalized spacial score (nSPS) is 20.8. The van der Waals surface area contributed by atoms with Crippen molar-refractivity contribution in [3.8, 4) is 33.6 Å². The Labute approximate surface area is 318 Å². The fraction of sp³-hybridized carbons (Fsp3) is 0.366. The van der Waals surface area contributed by atoms with Crippen LogP contribution in [0.15, 0.2) is 73.1 Å². The van der Waals surface area contributed by atoms with Gasteiger partial charge in [0, 0.05) is 18.2 Å². The molecule has 2 aromatic heterocycles. The van der Waals surface area contributed by atoms with Gasteiger partial charge in [0.25, 0.3) is 0 Å². The van der Waals surface area contributed by atoms with Gasteiger partial charge in [-0.25, -0.2) is 19.6 Å². The zero-order valence-corrected chi connectivity index (χ0v) is 31.0. The number of likely N-dealkylation sites (tertiary alicyclic amines) is 2. The van der Waals surface area contributed by atoms with Crippen molar-refractivity contribution in [1.29, 1.82) is 0 Å². The Morgan fingerprint density at radius 1 is 0.800 bits per heavy atom. The van der Waals surface area contributed by atoms with Crippen LogP contribution in [-0.2, 0) is 19.1 Å². The van der Waals surface area contributed by atoms with Crippen molar-refractivity contribution in [3.63, 3.8) is 0 Å². The average Bonchev–Trinajstić information content (AvgIpc) is 4.07. The lowest BCUT2D eigenvalue weighted by molar-refractivity contribution is -0.137. The minimum absolute atomic E-state index is 0.121. The molecule has 8 rings (SSSR count). The molecule has 4 amide bonds. The van der Waals surface area contributed by atoms with Crippen LogP contribution in [0.4, 0.5) is 9.59 Å². The number of benzene rings is 3. The van der Waals surface area contributed by atoms with Crippen molar-refractivity contribution in [2.24, 2.45) is 5.92 Å². The minimum Gasteiger partial charge on any atom is -0.453 e. The molecule has 4 N–H and O–H groups in total. The first kappa shape index (κ1) is 35.8. The molecule has 0 radical (unpaired) electrons. The first-order valence-electron chi connectivity index (χ1n) is 18.7. The largest absolute Gasteiger partial charge is 0.453 e. The Morgan fingerprint density at radius 3 is 2.18 bits per heavy atom. The highest BCUT2D eigenvalue weighted by Crippen LogP contribution is 2.50. The zero-order chi connectivity index (χ0) is 38.2. The molecular formula is C41H44N8O6. The maximum atomic E-state index is 13.5. The van der Waals surface area contributed by atoms with Gasteiger partial charge in [-0.1, -0.05) is 48.5 Å². The number of H-pyrrole nitrogens is 2. The van der Waals surface area contributed by atoms with Crippen molar-refractivity contribution in [1.82, 2.24) is 40.4 Å². The molecule has 3 fully saturated rings. The number of imidazole rings is 2. The number of alkyl carbamates (subject to hydrolysis) is 2. The standard InChI is InChI=1S/C41H44N8O6/c1-23(45-41(53)55-3)39(51)49-31-15-14-30(19-31)36(49)38-43-21-33(47-38)29-13-12-27-17-26(10-11-28(27)18-29)24-6-8-25(9-7-24)32-20-42-37(46-32)34-5-4-16-48(34)35(50)22-44-40(52)54-2/h6-13,17-18,20-21,23,30-31,34,36H,4-5,14-16,19,22H2,1-3H3,(H,42,46)(H,43,47)(H,44,52)(H,45,53)/t23-,30-,31+,34-,36-/m0/s1. The first-order valence-corrected chi connectivity index (χ1v) is 18.7. The summed E-state index contributed by atoms with van der Waals surface area (Å²) in [6.45, 7) is 2.18. The lowest BCUT2D eigenvalue weighted by atomic mass is 9.97. The number of methoxy groups -OCH3 is 2. The van der Waals surface area contributed by atoms with Crippen LogP contribution in [0.1, 0.15) is 62.8 Å². The van der Waals surface area contributed by atoms with Gasteiger partial charge in [0.1, 0.15) is 24.2 Å². The highest BCUT2D eigenvalue weighted by Gasteiger charge is 2.50. The Kier molecular flexibility index (Phi) is 9.72. The summed E-state index contributed by atoms with van der Waals surface area (Å²) in [6.07, 6.45) is 6.97. The second kappa shape index (κ2) is 14.9. The van der Waals surface area contributed by atoms with E-state index >= 15 is 0 Å². The second-order valence-corrected chi connectivity index (χ2v) is 14.6. The number of ether oxygens (including phenoxy) is 2. The number of nitrogens with zero attached hydrogens (tertiary/aromatic N) is 4. The lowest BCUT2D eigenvalue weighted by Gasteiger charge is -2.36. The second-order valence-electron chi connectivity index (χ2n) is 14.6. The maximum Gasteiger partial charge on any atom is 0.407 e. The van der Waals surface area contributed by atoms with E-state index in [4.69, 9.17) is 9.72 Å². The molecule has 3 aliphatic rings. The van der Waals surface area contributed by atoms with E-state index in [0.717, 1.165) is 88.2 Å². The summed E-state index contributed by atoms with van der Waals surface area (Å²) in [4.78, 5) is 69.6. The van der Waals surface area contributed by atoms with E-state index in [1.807, 2.05) is 11.1 Å². The Balaban J connectivity index is 0.946. The van der Waals surface area contributed by atoms with Crippen LogP contribution in [0.3, 0.4) is 0 Å². The Morgan fingerprint density at radius 2 is 1.44 bits per heavy atom. The van der Waals surface area contributed by atoms with Crippen LogP contribution in [-0.4, -0.2) is 93.1 Å². The van der Waals surface area contributed by atoms with Gasteiger partial charge in [-0.2, -0.15) is 0 Å². The minimum atomic E-state index is -0.699. The van der Waals surface area contributed by atoms with Gasteiger partial charge in [-0.3, -0.25) is 9.59 Å². The molecule has 3 aromatic carbocycles. The van der Waals surface area contributed by atoms with Crippen molar-refractivity contribution >= 4 is 34.8 Å². The van der Waals surface area contributed by atoms with Gasteiger partial charge in [0.2, 0.25) is 11.8 Å². The van der Waals surface area contributed by atoms with Gasteiger partial charge < -0.3 is 39.9 Å². The number of carbonyl (C=O) groups excluding carboxylic acids is 4. The molecule has 55 heavy (non-hydrogen) atoms. The van der Waals surface area contributed by atoms with Crippen molar-refractivity contribution in [3.05, 3.63) is 84.7 Å². The summed E-state index contributed by atoms with van der Waals surface area (Å²) in [6, 6.07) is 20.2. The molecule has 1 saturated carbocycles. The van der Waals surface area contributed by atoms with Crippen LogP contribution in [0, 0.1) is 5.92 Å². The van der Waals surface area contributed by atoms with Crippen molar-refractivity contribution < 1.29 is 28.7 Å². The van der Waals surface area contributed by atoms with Crippen molar-refractivity contribution in [2.75, 3.05) is 27.3 Å². The van der Waals surface area contributed by atoms with Gasteiger partial charge in [0.05, 0.1) is 50.1 Å². The van der Waals surface area contributed by atoms with E-state index in [0.29, 0.717) is 12.5 Å². The number of rotatable bonds is 9. The molecule has 2 bridgehead atoms. The number of aromatic amines is 2. The van der Waals surface area contributed by atoms with Crippen LogP contribution >= 0.6 is 0 Å². The number of nitrogens with one attached hydrogen (secondary N) is 4. The first-order chi connectivity index (χ1) is 26.7. The van der Waals surface area contributed by atoms with Crippen LogP contribution in [0.2, 0.25) is 0 Å². The highest BCUT2D eigenvalue weighted by molar-refractivity contribution is 5.91. The van der Waals surface area contributed by atoms with Crippen molar-refractivity contribution in [2.45, 2.75) is 63.2 Å². The molecular weight excluding hydrogens is 701 g/mol. The number of piperidine rings is 1. The fourth-order valence-electron chi connectivity index (χ4n) is 8.57. The molecule has 14 heteroatoms. The maximum absolute atomic E-state index is 13.5. The molecule has 2 aliphatic heterocycles. The third kappa shape index (κ3) is 6.99. The predicted molar refractivity (Wildman–Crippen MR) is 204 cm³/mol. The topological polar surface area (TPSA) is 175 Å². The van der Waals surface area contributed by atoms with E-state index < -0.39 is 18.2 Å². The summed E-state index contributed by atoms with van der Waals surface area (Å²) >= 11 is 0. The Hall–Kier alpha value is -6.18. The average molecular weight is 745 g/mol. The molecule has 14 nitrogen and oxygen atoms in total. The SMILES string of the molecule is COC(=O)NCC(=O)N1CCC[C@H]1c1ncc(-c2ccc(-c3ccc4cc(-c5cnc([C@@H]6[C@H]7CC[C@H](C7)N6C(=O)[C@H](C)NC(=O)OC)[nH]5)ccc4c3)cc2)[nH]1. The number of carbonyl (C=O) groups is 4. The van der Waals surface area contributed by atoms with Crippen LogP contribution < -0.4 is 10.6 Å². The number of hydrogen-bond donors (Lipinski definition) is 4. The van der Waals surface area contributed by atoms with E-state index in [2.05, 4.69) is 91.0 Å². The molecule has 5 aromatic rings. The Bertz CT molecular complexity index is 2250. The van der Waals surface area contributed by atoms with E-state index in [1.165, 1.54) is 14.2 Å². The lowest BCUT2D eigenvalue weighted by Crippen LogP contribution is -2.50. The molecule has 5 atom stereocenters. The van der Waals surface area contributed by atoms with Crippen LogP contribution in [0.5, 0.6) is 0 Å². The molecule has 2 saturated heterocycles. The van der Waals surface area contributed by atoms with Crippen LogP contribution in [0.25, 0.3) is 44.4 Å². The smallest absolute Gasteiger partial charge is 0.407 e. The molecule has 1 aliphatic carbocycles. The summed E-state index contributed by atoms with van der Waals surface area (Å²) in [7, 11) is 2.56. The number of hydrogen-bond acceptors (Lipinski definition) is 8. The zero-order valence-electron chi connectivity index (χ0n) is 31.0. The molecule has 4 heterocycles. The number of amides is 4. The van der Waals surface area contributed by atoms with Gasteiger partial charge in [-0.05, 0) is 84.5 Å². The number of fused-ring (bicyclic) bond motifs is 3. The number of aromatic nitrogens is 4. The highest BCUT2D eigenvalue weighted by atomic mass is 16.5. The monoisotopic (exact) mass is 744 g/mol. The summed E-state index contributed by atoms with van der Waals surface area (Å²) in [5.74, 6) is 1.52. The summed E-state index contributed by atoms with van der Waals surface area (Å²) in [5, 5.41) is 7.29. The van der Waals surface area contributed by atoms with Gasteiger partial charge in [0.15, 0.2) is 0 Å². The third-order valence-corrected chi connectivity index (χ3v) is 11.3. The van der Waals surface area contributed by atoms with Gasteiger partial charge >= 0.3 is 12.2 Å². The molecule has 0 unspecified atom stereocenters. The predicted octanol–water partition coefficient (Wildman–Crippen LogP) is 6.10. The van der Waals surface area contributed by atoms with E-state index in [1.54, 1.807) is 18.0 Å². The third-order valence-electron chi connectivity index (χ3n) is 11.3. The molecule has 0 spiro atoms. The molecule has 284 valence electrons. The summed E-state index contributed by atoms with van der Waals surface area (Å²) < 4.78 is 9.29. The van der Waals surface area contributed by atoms with Gasteiger partial charge in [-0.15, -0.1) is 0 Å². The summed E-state index contributed by atoms with van der Waals surface area (Å²) in [5.41, 5.74) is 5.93. The van der Waals surface area contributed by atoms with E-state index in [9.17, 15) is 19.2 Å². The fourth-order valence-corrected chi connectivity index (χ4v) is 8.57.